The van der Waals surface area contributed by atoms with Gasteiger partial charge in [-0.15, -0.1) is 0 Å². The molecule has 1 unspecified atom stereocenters. The Balaban J connectivity index is 1.89. The highest BCUT2D eigenvalue weighted by Gasteiger charge is 2.34. The summed E-state index contributed by atoms with van der Waals surface area (Å²) in [6.07, 6.45) is 2.28. The zero-order chi connectivity index (χ0) is 13.1. The molecule has 18 heavy (non-hydrogen) atoms. The molecule has 0 radical (unpaired) electrons. The predicted molar refractivity (Wildman–Crippen MR) is 64.3 cm³/mol. The van der Waals surface area contributed by atoms with Gasteiger partial charge < -0.3 is 19.6 Å². The van der Waals surface area contributed by atoms with Crippen LogP contribution in [0.3, 0.4) is 0 Å². The van der Waals surface area contributed by atoms with Gasteiger partial charge in [0.1, 0.15) is 0 Å². The molecule has 0 bridgehead atoms. The number of carboxylic acids is 1. The predicted octanol–water partition coefficient (Wildman–Crippen LogP) is 0.624. The van der Waals surface area contributed by atoms with Crippen molar-refractivity contribution < 1.29 is 19.4 Å². The summed E-state index contributed by atoms with van der Waals surface area (Å²) < 4.78 is 5.27. The summed E-state index contributed by atoms with van der Waals surface area (Å²) in [5.41, 5.74) is 0. The zero-order valence-electron chi connectivity index (χ0n) is 10.7. The van der Waals surface area contributed by atoms with Crippen LogP contribution in [0.4, 0.5) is 4.79 Å². The van der Waals surface area contributed by atoms with Crippen LogP contribution in [0.15, 0.2) is 0 Å². The van der Waals surface area contributed by atoms with Crippen LogP contribution in [0, 0.1) is 5.92 Å². The molecule has 2 aliphatic rings. The molecule has 2 saturated heterocycles. The molecule has 0 aliphatic carbocycles. The molecule has 6 nitrogen and oxygen atoms in total. The highest BCUT2D eigenvalue weighted by atomic mass is 16.5. The minimum absolute atomic E-state index is 0.0503. The first-order valence-electron chi connectivity index (χ1n) is 6.42. The largest absolute Gasteiger partial charge is 0.481 e. The highest BCUT2D eigenvalue weighted by molar-refractivity contribution is 5.77. The normalized spacial score (nSPS) is 25.2. The van der Waals surface area contributed by atoms with Gasteiger partial charge in [-0.25, -0.2) is 4.79 Å². The molecule has 102 valence electrons. The summed E-state index contributed by atoms with van der Waals surface area (Å²) in [5, 5.41) is 8.93. The summed E-state index contributed by atoms with van der Waals surface area (Å²) in [6.45, 7) is 2.27. The first-order valence-corrected chi connectivity index (χ1v) is 6.42. The third kappa shape index (κ3) is 2.75. The van der Waals surface area contributed by atoms with Gasteiger partial charge >= 0.3 is 12.0 Å². The van der Waals surface area contributed by atoms with Crippen molar-refractivity contribution in [1.29, 1.82) is 0 Å². The SMILES string of the molecule is CN(C(=O)N1CCC(C(=O)O)C1)C1CCOCC1. The van der Waals surface area contributed by atoms with Crippen LogP contribution >= 0.6 is 0 Å². The lowest BCUT2D eigenvalue weighted by atomic mass is 10.1. The van der Waals surface area contributed by atoms with Crippen molar-refractivity contribution in [3.8, 4) is 0 Å². The van der Waals surface area contributed by atoms with E-state index in [9.17, 15) is 9.59 Å². The van der Waals surface area contributed by atoms with Crippen LogP contribution in [0.5, 0.6) is 0 Å². The molecule has 2 heterocycles. The second kappa shape index (κ2) is 5.56. The summed E-state index contributed by atoms with van der Waals surface area (Å²) in [5.74, 6) is -1.21. The van der Waals surface area contributed by atoms with Crippen LogP contribution in [0.1, 0.15) is 19.3 Å². The number of aliphatic carboxylic acids is 1. The molecule has 6 heteroatoms. The van der Waals surface area contributed by atoms with Crippen molar-refractivity contribution in [2.24, 2.45) is 5.92 Å². The van der Waals surface area contributed by atoms with Crippen molar-refractivity contribution in [3.05, 3.63) is 0 Å². The van der Waals surface area contributed by atoms with Crippen molar-refractivity contribution in [2.45, 2.75) is 25.3 Å². The Kier molecular flexibility index (Phi) is 4.06. The molecule has 2 amide bonds. The topological polar surface area (TPSA) is 70.1 Å². The number of ether oxygens (including phenoxy) is 1. The van der Waals surface area contributed by atoms with Crippen LogP contribution in [-0.2, 0) is 9.53 Å². The fourth-order valence-electron chi connectivity index (χ4n) is 2.59. The number of nitrogens with zero attached hydrogens (tertiary/aromatic N) is 2. The Labute approximate surface area is 106 Å². The highest BCUT2D eigenvalue weighted by Crippen LogP contribution is 2.20. The Hall–Kier alpha value is -1.30. The second-order valence-electron chi connectivity index (χ2n) is 5.01. The van der Waals surface area contributed by atoms with Gasteiger partial charge in [0.15, 0.2) is 0 Å². The average Bonchev–Trinajstić information content (AvgIpc) is 2.88. The van der Waals surface area contributed by atoms with Gasteiger partial charge in [0.2, 0.25) is 0 Å². The second-order valence-corrected chi connectivity index (χ2v) is 5.01. The molecule has 2 aliphatic heterocycles. The molecule has 0 aromatic carbocycles. The molecule has 2 fully saturated rings. The summed E-state index contributed by atoms with van der Waals surface area (Å²) >= 11 is 0. The van der Waals surface area contributed by atoms with E-state index in [1.54, 1.807) is 16.8 Å². The number of urea groups is 1. The van der Waals surface area contributed by atoms with Crippen molar-refractivity contribution >= 4 is 12.0 Å². The lowest BCUT2D eigenvalue weighted by molar-refractivity contribution is -0.141. The standard InChI is InChI=1S/C12H20N2O4/c1-13(10-3-6-18-7-4-10)12(17)14-5-2-9(8-14)11(15)16/h9-10H,2-8H2,1H3,(H,15,16). The van der Waals surface area contributed by atoms with E-state index < -0.39 is 11.9 Å². The van der Waals surface area contributed by atoms with Crippen LogP contribution in [0.2, 0.25) is 0 Å². The number of amides is 2. The Morgan fingerprint density at radius 1 is 1.28 bits per heavy atom. The number of hydrogen-bond donors (Lipinski definition) is 1. The maximum absolute atomic E-state index is 12.2. The maximum Gasteiger partial charge on any atom is 0.320 e. The van der Waals surface area contributed by atoms with E-state index in [2.05, 4.69) is 0 Å². The number of carboxylic acid groups (broad SMARTS) is 1. The number of rotatable bonds is 2. The van der Waals surface area contributed by atoms with Crippen molar-refractivity contribution in [2.75, 3.05) is 33.4 Å². The molecule has 0 aromatic heterocycles. The van der Waals surface area contributed by atoms with Crippen LogP contribution in [-0.4, -0.2) is 66.3 Å². The quantitative estimate of drug-likeness (QED) is 0.786. The third-order valence-electron chi connectivity index (χ3n) is 3.85. The summed E-state index contributed by atoms with van der Waals surface area (Å²) in [6, 6.07) is 0.167. The van der Waals surface area contributed by atoms with E-state index in [1.807, 2.05) is 0 Å². The minimum atomic E-state index is -0.806. The van der Waals surface area contributed by atoms with E-state index in [0.717, 1.165) is 12.8 Å². The van der Waals surface area contributed by atoms with Gasteiger partial charge in [-0.05, 0) is 19.3 Å². The summed E-state index contributed by atoms with van der Waals surface area (Å²) in [4.78, 5) is 26.5. The molecular weight excluding hydrogens is 236 g/mol. The van der Waals surface area contributed by atoms with Gasteiger partial charge in [-0.2, -0.15) is 0 Å². The summed E-state index contributed by atoms with van der Waals surface area (Å²) in [7, 11) is 1.80. The molecule has 0 spiro atoms. The Morgan fingerprint density at radius 2 is 1.94 bits per heavy atom. The van der Waals surface area contributed by atoms with E-state index in [-0.39, 0.29) is 12.1 Å². The van der Waals surface area contributed by atoms with E-state index >= 15 is 0 Å². The Morgan fingerprint density at radius 3 is 2.50 bits per heavy atom. The van der Waals surface area contributed by atoms with Gasteiger partial charge in [0.05, 0.1) is 5.92 Å². The fourth-order valence-corrected chi connectivity index (χ4v) is 2.59. The molecule has 0 saturated carbocycles. The third-order valence-corrected chi connectivity index (χ3v) is 3.85. The molecule has 1 N–H and O–H groups in total. The van der Waals surface area contributed by atoms with Crippen molar-refractivity contribution in [1.82, 2.24) is 9.80 Å². The van der Waals surface area contributed by atoms with Gasteiger partial charge in [-0.1, -0.05) is 0 Å². The lowest BCUT2D eigenvalue weighted by Crippen LogP contribution is -2.47. The smallest absolute Gasteiger partial charge is 0.320 e. The Bertz CT molecular complexity index is 328. The number of likely N-dealkylation sites (tertiary alicyclic amines) is 1. The molecule has 2 rings (SSSR count). The van der Waals surface area contributed by atoms with E-state index in [4.69, 9.17) is 9.84 Å². The van der Waals surface area contributed by atoms with Crippen molar-refractivity contribution in [3.63, 3.8) is 0 Å². The first-order chi connectivity index (χ1) is 8.59. The van der Waals surface area contributed by atoms with Gasteiger partial charge in [0, 0.05) is 39.4 Å². The first kappa shape index (κ1) is 13.1. The molecule has 1 atom stereocenters. The minimum Gasteiger partial charge on any atom is -0.481 e. The number of hydrogen-bond acceptors (Lipinski definition) is 3. The zero-order valence-corrected chi connectivity index (χ0v) is 10.7. The van der Waals surface area contributed by atoms with E-state index in [0.29, 0.717) is 32.7 Å². The number of carbonyl (C=O) groups excluding carboxylic acids is 1. The fraction of sp³-hybridized carbons (Fsp3) is 0.833. The molecule has 0 aromatic rings. The van der Waals surface area contributed by atoms with Gasteiger partial charge in [0.25, 0.3) is 0 Å². The lowest BCUT2D eigenvalue weighted by Gasteiger charge is -2.34. The molecular formula is C12H20N2O4. The van der Waals surface area contributed by atoms with Crippen LogP contribution < -0.4 is 0 Å². The average molecular weight is 256 g/mol. The monoisotopic (exact) mass is 256 g/mol. The maximum atomic E-state index is 12.2. The number of carbonyl (C=O) groups is 2. The van der Waals surface area contributed by atoms with Crippen LogP contribution in [0.25, 0.3) is 0 Å². The van der Waals surface area contributed by atoms with E-state index in [1.165, 1.54) is 0 Å². The van der Waals surface area contributed by atoms with Gasteiger partial charge in [-0.3, -0.25) is 4.79 Å².